The van der Waals surface area contributed by atoms with Crippen molar-refractivity contribution in [1.82, 2.24) is 4.90 Å². The van der Waals surface area contributed by atoms with Crippen LogP contribution < -0.4 is 0 Å². The van der Waals surface area contributed by atoms with Crippen LogP contribution in [0, 0.1) is 0 Å². The number of carboxylic acid groups (broad SMARTS) is 1. The van der Waals surface area contributed by atoms with Crippen molar-refractivity contribution in [3.8, 4) is 0 Å². The number of aliphatic carboxylic acids is 1. The number of halogens is 1. The summed E-state index contributed by atoms with van der Waals surface area (Å²) in [6.07, 6.45) is 0. The molecule has 0 aromatic carbocycles. The molecule has 0 radical (unpaired) electrons. The largest absolute Gasteiger partial charge is 0.481 e. The van der Waals surface area contributed by atoms with Crippen molar-refractivity contribution in [2.24, 2.45) is 0 Å². The fraction of sp³-hybridized carbons (Fsp3) is 0.400. The maximum Gasteiger partial charge on any atom is 0.313 e. The number of carboxylic acids is 1. The second kappa shape index (κ2) is 6.70. The Labute approximate surface area is 111 Å². The molecule has 1 rings (SSSR count). The highest BCUT2D eigenvalue weighted by Gasteiger charge is 2.12. The van der Waals surface area contributed by atoms with E-state index in [0.29, 0.717) is 17.0 Å². The molecule has 1 N–H and O–H groups in total. The maximum atomic E-state index is 11.6. The summed E-state index contributed by atoms with van der Waals surface area (Å²) in [7, 11) is 1.65. The number of carbonyl (C=O) groups excluding carboxylic acids is 1. The Hall–Kier alpha value is -0.950. The SMILES string of the molecule is CN(Cc1ccc(Br)o1)C(=O)CSCC(=O)O. The molecule has 1 heterocycles. The van der Waals surface area contributed by atoms with E-state index in [1.165, 1.54) is 4.90 Å². The van der Waals surface area contributed by atoms with E-state index in [0.717, 1.165) is 11.8 Å². The van der Waals surface area contributed by atoms with Crippen LogP contribution in [0.5, 0.6) is 0 Å². The minimum Gasteiger partial charge on any atom is -0.481 e. The quantitative estimate of drug-likeness (QED) is 0.865. The lowest BCUT2D eigenvalue weighted by atomic mass is 10.4. The molecule has 0 bridgehead atoms. The molecule has 0 atom stereocenters. The normalized spacial score (nSPS) is 10.2. The molecule has 0 unspecified atom stereocenters. The molecule has 0 saturated heterocycles. The Morgan fingerprint density at radius 1 is 1.47 bits per heavy atom. The first-order chi connectivity index (χ1) is 7.99. The molecule has 0 aliphatic rings. The van der Waals surface area contributed by atoms with Crippen LogP contribution in [0.2, 0.25) is 0 Å². The zero-order valence-electron chi connectivity index (χ0n) is 9.18. The third kappa shape index (κ3) is 5.27. The highest BCUT2D eigenvalue weighted by atomic mass is 79.9. The first-order valence-electron chi connectivity index (χ1n) is 4.76. The summed E-state index contributed by atoms with van der Waals surface area (Å²) in [4.78, 5) is 23.4. The first-order valence-corrected chi connectivity index (χ1v) is 6.71. The molecule has 1 amide bonds. The number of thioether (sulfide) groups is 1. The topological polar surface area (TPSA) is 70.8 Å². The summed E-state index contributed by atoms with van der Waals surface area (Å²) in [5.41, 5.74) is 0. The van der Waals surface area contributed by atoms with Crippen molar-refractivity contribution in [2.75, 3.05) is 18.6 Å². The Morgan fingerprint density at radius 2 is 2.18 bits per heavy atom. The van der Waals surface area contributed by atoms with Crippen molar-refractivity contribution in [3.63, 3.8) is 0 Å². The maximum absolute atomic E-state index is 11.6. The average Bonchev–Trinajstić information content (AvgIpc) is 2.63. The summed E-state index contributed by atoms with van der Waals surface area (Å²) in [5, 5.41) is 8.44. The van der Waals surface area contributed by atoms with Gasteiger partial charge in [0.2, 0.25) is 5.91 Å². The molecular weight excluding hydrogens is 310 g/mol. The number of amides is 1. The van der Waals surface area contributed by atoms with Gasteiger partial charge in [0.1, 0.15) is 5.76 Å². The minimum atomic E-state index is -0.916. The third-order valence-electron chi connectivity index (χ3n) is 1.90. The van der Waals surface area contributed by atoms with Gasteiger partial charge in [0, 0.05) is 7.05 Å². The lowest BCUT2D eigenvalue weighted by Crippen LogP contribution is -2.28. The predicted octanol–water partition coefficient (Wildman–Crippen LogP) is 1.82. The van der Waals surface area contributed by atoms with Gasteiger partial charge in [0.15, 0.2) is 4.67 Å². The summed E-state index contributed by atoms with van der Waals surface area (Å²) in [6, 6.07) is 3.53. The van der Waals surface area contributed by atoms with Crippen molar-refractivity contribution in [2.45, 2.75) is 6.54 Å². The summed E-state index contributed by atoms with van der Waals surface area (Å²) < 4.78 is 5.89. The van der Waals surface area contributed by atoms with E-state index in [-0.39, 0.29) is 17.4 Å². The van der Waals surface area contributed by atoms with Gasteiger partial charge in [-0.25, -0.2) is 0 Å². The highest BCUT2D eigenvalue weighted by Crippen LogP contribution is 2.15. The highest BCUT2D eigenvalue weighted by molar-refractivity contribution is 9.10. The van der Waals surface area contributed by atoms with Crippen LogP contribution >= 0.6 is 27.7 Å². The molecule has 1 aromatic rings. The predicted molar refractivity (Wildman–Crippen MR) is 67.8 cm³/mol. The van der Waals surface area contributed by atoms with E-state index in [1.807, 2.05) is 0 Å². The number of nitrogens with zero attached hydrogens (tertiary/aromatic N) is 1. The molecule has 0 fully saturated rings. The summed E-state index contributed by atoms with van der Waals surface area (Å²) in [5.74, 6) is -0.267. The molecule has 0 aliphatic carbocycles. The molecule has 0 aliphatic heterocycles. The fourth-order valence-electron chi connectivity index (χ4n) is 1.09. The van der Waals surface area contributed by atoms with Crippen LogP contribution in [-0.4, -0.2) is 40.4 Å². The van der Waals surface area contributed by atoms with Crippen LogP contribution in [0.15, 0.2) is 21.2 Å². The van der Waals surface area contributed by atoms with Gasteiger partial charge in [-0.05, 0) is 28.1 Å². The lowest BCUT2D eigenvalue weighted by Gasteiger charge is -2.14. The Morgan fingerprint density at radius 3 is 2.71 bits per heavy atom. The molecule has 0 spiro atoms. The average molecular weight is 322 g/mol. The zero-order valence-corrected chi connectivity index (χ0v) is 11.6. The van der Waals surface area contributed by atoms with Crippen LogP contribution in [0.25, 0.3) is 0 Å². The second-order valence-electron chi connectivity index (χ2n) is 3.34. The smallest absolute Gasteiger partial charge is 0.313 e. The van der Waals surface area contributed by atoms with Gasteiger partial charge in [0.05, 0.1) is 18.1 Å². The standard InChI is InChI=1S/C10H12BrNO4S/c1-12(4-7-2-3-8(11)16-7)9(13)5-17-6-10(14)15/h2-3H,4-6H2,1H3,(H,14,15). The first kappa shape index (κ1) is 14.1. The van der Waals surface area contributed by atoms with Crippen LogP contribution in [-0.2, 0) is 16.1 Å². The van der Waals surface area contributed by atoms with E-state index in [1.54, 1.807) is 19.2 Å². The Kier molecular flexibility index (Phi) is 5.57. The van der Waals surface area contributed by atoms with E-state index in [4.69, 9.17) is 9.52 Å². The van der Waals surface area contributed by atoms with Crippen LogP contribution in [0.1, 0.15) is 5.76 Å². The summed E-state index contributed by atoms with van der Waals surface area (Å²) >= 11 is 4.26. The fourth-order valence-corrected chi connectivity index (χ4v) is 2.11. The van der Waals surface area contributed by atoms with Gasteiger partial charge in [-0.1, -0.05) is 0 Å². The molecule has 1 aromatic heterocycles. The van der Waals surface area contributed by atoms with E-state index < -0.39 is 5.97 Å². The van der Waals surface area contributed by atoms with Crippen molar-refractivity contribution < 1.29 is 19.1 Å². The molecule has 94 valence electrons. The number of rotatable bonds is 6. The van der Waals surface area contributed by atoms with Crippen molar-refractivity contribution in [1.29, 1.82) is 0 Å². The van der Waals surface area contributed by atoms with Crippen LogP contribution in [0.4, 0.5) is 0 Å². The Bertz CT molecular complexity index is 407. The molecule has 0 saturated carbocycles. The number of hydrogen-bond acceptors (Lipinski definition) is 4. The number of carbonyl (C=O) groups is 2. The van der Waals surface area contributed by atoms with E-state index >= 15 is 0 Å². The number of hydrogen-bond donors (Lipinski definition) is 1. The third-order valence-corrected chi connectivity index (χ3v) is 3.23. The monoisotopic (exact) mass is 321 g/mol. The molecule has 7 heteroatoms. The van der Waals surface area contributed by atoms with Crippen LogP contribution in [0.3, 0.4) is 0 Å². The second-order valence-corrected chi connectivity index (χ2v) is 5.11. The minimum absolute atomic E-state index is 0.0636. The molecular formula is C10H12BrNO4S. The molecule has 17 heavy (non-hydrogen) atoms. The van der Waals surface area contributed by atoms with Gasteiger partial charge < -0.3 is 14.4 Å². The van der Waals surface area contributed by atoms with Crippen molar-refractivity contribution in [3.05, 3.63) is 22.6 Å². The Balaban J connectivity index is 2.34. The van der Waals surface area contributed by atoms with Crippen molar-refractivity contribution >= 4 is 39.6 Å². The zero-order chi connectivity index (χ0) is 12.8. The van der Waals surface area contributed by atoms with Gasteiger partial charge in [-0.2, -0.15) is 0 Å². The van der Waals surface area contributed by atoms with E-state index in [2.05, 4.69) is 15.9 Å². The van der Waals surface area contributed by atoms with E-state index in [9.17, 15) is 9.59 Å². The van der Waals surface area contributed by atoms with Gasteiger partial charge in [0.25, 0.3) is 0 Å². The summed E-state index contributed by atoms with van der Waals surface area (Å²) in [6.45, 7) is 0.373. The lowest BCUT2D eigenvalue weighted by molar-refractivity contribution is -0.133. The molecule has 5 nitrogen and oxygen atoms in total. The van der Waals surface area contributed by atoms with Gasteiger partial charge in [-0.15, -0.1) is 11.8 Å². The van der Waals surface area contributed by atoms with Gasteiger partial charge >= 0.3 is 5.97 Å². The number of furan rings is 1. The van der Waals surface area contributed by atoms with Gasteiger partial charge in [-0.3, -0.25) is 9.59 Å².